The van der Waals surface area contributed by atoms with E-state index in [0.29, 0.717) is 17.8 Å². The van der Waals surface area contributed by atoms with Crippen molar-refractivity contribution in [3.8, 4) is 0 Å². The molecule has 0 atom stereocenters. The largest absolute Gasteiger partial charge is 0.381 e. The Balaban J connectivity index is 2.19. The van der Waals surface area contributed by atoms with Gasteiger partial charge in [0.25, 0.3) is 5.69 Å². The first kappa shape index (κ1) is 14.0. The number of nitrogens with one attached hydrogen (secondary N) is 1. The van der Waals surface area contributed by atoms with Crippen molar-refractivity contribution in [1.29, 1.82) is 0 Å². The van der Waals surface area contributed by atoms with E-state index in [-0.39, 0.29) is 11.5 Å². The van der Waals surface area contributed by atoms with Crippen molar-refractivity contribution in [3.63, 3.8) is 0 Å². The molecule has 4 nitrogen and oxygen atoms in total. The zero-order valence-electron chi connectivity index (χ0n) is 11.3. The van der Waals surface area contributed by atoms with Gasteiger partial charge in [0, 0.05) is 23.9 Å². The molecule has 20 heavy (non-hydrogen) atoms. The van der Waals surface area contributed by atoms with Gasteiger partial charge in [-0.1, -0.05) is 12.1 Å². The molecule has 0 spiro atoms. The fourth-order valence-electron chi connectivity index (χ4n) is 2.09. The van der Waals surface area contributed by atoms with E-state index in [9.17, 15) is 14.5 Å². The average molecular weight is 274 g/mol. The fraction of sp³-hybridized carbons (Fsp3) is 0.200. The second-order valence-electron chi connectivity index (χ2n) is 4.69. The predicted molar refractivity (Wildman–Crippen MR) is 76.3 cm³/mol. The summed E-state index contributed by atoms with van der Waals surface area (Å²) in [7, 11) is 0. The van der Waals surface area contributed by atoms with Gasteiger partial charge in [0.2, 0.25) is 0 Å². The quantitative estimate of drug-likeness (QED) is 0.678. The van der Waals surface area contributed by atoms with Gasteiger partial charge in [-0.15, -0.1) is 0 Å². The number of aryl methyl sites for hydroxylation is 1. The van der Waals surface area contributed by atoms with Gasteiger partial charge >= 0.3 is 0 Å². The van der Waals surface area contributed by atoms with Crippen molar-refractivity contribution in [1.82, 2.24) is 0 Å². The van der Waals surface area contributed by atoms with Crippen molar-refractivity contribution in [3.05, 3.63) is 69.0 Å². The van der Waals surface area contributed by atoms with Crippen LogP contribution in [0.25, 0.3) is 0 Å². The standard InChI is InChI=1S/C15H15FN2O2/c1-10-6-13(16)8-14(7-10)17-9-12-4-3-5-15(11(12)2)18(19)20/h3-8,17H,9H2,1-2H3. The Hall–Kier alpha value is -2.43. The van der Waals surface area contributed by atoms with Gasteiger partial charge in [0.1, 0.15) is 5.82 Å². The van der Waals surface area contributed by atoms with Crippen LogP contribution in [0, 0.1) is 29.8 Å². The van der Waals surface area contributed by atoms with E-state index in [1.165, 1.54) is 18.2 Å². The first-order valence-corrected chi connectivity index (χ1v) is 6.21. The van der Waals surface area contributed by atoms with E-state index in [2.05, 4.69) is 5.32 Å². The minimum absolute atomic E-state index is 0.0970. The Morgan fingerprint density at radius 1 is 1.25 bits per heavy atom. The molecule has 2 aromatic rings. The minimum Gasteiger partial charge on any atom is -0.381 e. The first-order chi connectivity index (χ1) is 9.47. The van der Waals surface area contributed by atoms with Gasteiger partial charge in [-0.2, -0.15) is 0 Å². The zero-order chi connectivity index (χ0) is 14.7. The lowest BCUT2D eigenvalue weighted by molar-refractivity contribution is -0.385. The molecule has 0 saturated heterocycles. The third kappa shape index (κ3) is 3.12. The maximum atomic E-state index is 13.3. The van der Waals surface area contributed by atoms with Crippen LogP contribution in [0.3, 0.4) is 0 Å². The van der Waals surface area contributed by atoms with Gasteiger partial charge in [0.05, 0.1) is 4.92 Å². The number of nitro benzene ring substituents is 1. The van der Waals surface area contributed by atoms with Crippen LogP contribution in [0.4, 0.5) is 15.8 Å². The molecule has 2 aromatic carbocycles. The van der Waals surface area contributed by atoms with Crippen LogP contribution < -0.4 is 5.32 Å². The normalized spacial score (nSPS) is 10.3. The van der Waals surface area contributed by atoms with Crippen molar-refractivity contribution in [2.24, 2.45) is 0 Å². The first-order valence-electron chi connectivity index (χ1n) is 6.21. The molecule has 0 radical (unpaired) electrons. The molecule has 5 heteroatoms. The molecule has 0 aliphatic heterocycles. The van der Waals surface area contributed by atoms with Gasteiger partial charge in [-0.25, -0.2) is 4.39 Å². The third-order valence-electron chi connectivity index (χ3n) is 3.14. The highest BCUT2D eigenvalue weighted by Crippen LogP contribution is 2.22. The van der Waals surface area contributed by atoms with Crippen LogP contribution in [0.2, 0.25) is 0 Å². The Bertz CT molecular complexity index is 636. The number of anilines is 1. The number of benzene rings is 2. The molecule has 0 amide bonds. The number of halogens is 1. The van der Waals surface area contributed by atoms with E-state index >= 15 is 0 Å². The highest BCUT2D eigenvalue weighted by atomic mass is 19.1. The number of rotatable bonds is 4. The second kappa shape index (κ2) is 5.69. The number of hydrogen-bond acceptors (Lipinski definition) is 3. The van der Waals surface area contributed by atoms with Crippen molar-refractivity contribution in [2.75, 3.05) is 5.32 Å². The van der Waals surface area contributed by atoms with Crippen LogP contribution in [0.15, 0.2) is 36.4 Å². The number of nitro groups is 1. The Kier molecular flexibility index (Phi) is 3.98. The zero-order valence-corrected chi connectivity index (χ0v) is 11.3. The lowest BCUT2D eigenvalue weighted by Crippen LogP contribution is -2.03. The highest BCUT2D eigenvalue weighted by molar-refractivity contribution is 5.49. The summed E-state index contributed by atoms with van der Waals surface area (Å²) in [6.45, 7) is 3.94. The lowest BCUT2D eigenvalue weighted by Gasteiger charge is -2.10. The Morgan fingerprint density at radius 3 is 2.65 bits per heavy atom. The Morgan fingerprint density at radius 2 is 2.00 bits per heavy atom. The summed E-state index contributed by atoms with van der Waals surface area (Å²) >= 11 is 0. The van der Waals surface area contributed by atoms with Gasteiger partial charge in [-0.3, -0.25) is 10.1 Å². The van der Waals surface area contributed by atoms with E-state index < -0.39 is 4.92 Å². The average Bonchev–Trinajstić information content (AvgIpc) is 2.36. The molecule has 0 bridgehead atoms. The van der Waals surface area contributed by atoms with Gasteiger partial charge in [-0.05, 0) is 43.2 Å². The third-order valence-corrected chi connectivity index (χ3v) is 3.14. The molecule has 0 heterocycles. The Labute approximate surface area is 116 Å². The molecule has 1 N–H and O–H groups in total. The lowest BCUT2D eigenvalue weighted by atomic mass is 10.1. The molecule has 0 aliphatic rings. The molecule has 0 unspecified atom stereocenters. The molecular weight excluding hydrogens is 259 g/mol. The van der Waals surface area contributed by atoms with Crippen LogP contribution in [-0.4, -0.2) is 4.92 Å². The summed E-state index contributed by atoms with van der Waals surface area (Å²) in [6, 6.07) is 9.63. The van der Waals surface area contributed by atoms with Crippen LogP contribution in [0.5, 0.6) is 0 Å². The minimum atomic E-state index is -0.398. The van der Waals surface area contributed by atoms with Crippen molar-refractivity contribution >= 4 is 11.4 Å². The molecule has 0 fully saturated rings. The molecule has 0 saturated carbocycles. The van der Waals surface area contributed by atoms with Crippen LogP contribution in [-0.2, 0) is 6.54 Å². The van der Waals surface area contributed by atoms with Crippen molar-refractivity contribution in [2.45, 2.75) is 20.4 Å². The maximum Gasteiger partial charge on any atom is 0.272 e. The molecule has 2 rings (SSSR count). The topological polar surface area (TPSA) is 55.2 Å². The summed E-state index contributed by atoms with van der Waals surface area (Å²) in [5.74, 6) is -0.303. The van der Waals surface area contributed by atoms with E-state index in [1.807, 2.05) is 19.1 Å². The summed E-state index contributed by atoms with van der Waals surface area (Å²) in [5.41, 5.74) is 3.02. The van der Waals surface area contributed by atoms with E-state index in [4.69, 9.17) is 0 Å². The molecule has 0 aliphatic carbocycles. The van der Waals surface area contributed by atoms with E-state index in [1.54, 1.807) is 13.0 Å². The van der Waals surface area contributed by atoms with Crippen LogP contribution >= 0.6 is 0 Å². The predicted octanol–water partition coefficient (Wildman–Crippen LogP) is 3.96. The van der Waals surface area contributed by atoms with E-state index in [0.717, 1.165) is 11.1 Å². The summed E-state index contributed by atoms with van der Waals surface area (Å²) in [5, 5.41) is 14.0. The van der Waals surface area contributed by atoms with Crippen LogP contribution in [0.1, 0.15) is 16.7 Å². The number of hydrogen-bond donors (Lipinski definition) is 1. The monoisotopic (exact) mass is 274 g/mol. The smallest absolute Gasteiger partial charge is 0.272 e. The molecule has 104 valence electrons. The SMILES string of the molecule is Cc1cc(F)cc(NCc2cccc([N+](=O)[O-])c2C)c1. The second-order valence-corrected chi connectivity index (χ2v) is 4.69. The summed E-state index contributed by atoms with van der Waals surface area (Å²) in [6.07, 6.45) is 0. The van der Waals surface area contributed by atoms with Gasteiger partial charge < -0.3 is 5.32 Å². The molecular formula is C15H15FN2O2. The van der Waals surface area contributed by atoms with Gasteiger partial charge in [0.15, 0.2) is 0 Å². The number of nitrogens with zero attached hydrogens (tertiary/aromatic N) is 1. The fourth-order valence-corrected chi connectivity index (χ4v) is 2.09. The summed E-state index contributed by atoms with van der Waals surface area (Å²) < 4.78 is 13.3. The summed E-state index contributed by atoms with van der Waals surface area (Å²) in [4.78, 5) is 10.5. The maximum absolute atomic E-state index is 13.3. The van der Waals surface area contributed by atoms with Crippen molar-refractivity contribution < 1.29 is 9.31 Å². The molecule has 0 aromatic heterocycles. The highest BCUT2D eigenvalue weighted by Gasteiger charge is 2.12.